The number of nitrogens with zero attached hydrogens (tertiary/aromatic N) is 1. The zero-order valence-corrected chi connectivity index (χ0v) is 11.1. The van der Waals surface area contributed by atoms with Gasteiger partial charge in [-0.15, -0.1) is 0 Å². The van der Waals surface area contributed by atoms with Crippen LogP contribution >= 0.6 is 10.7 Å². The number of hydrogen-bond acceptors (Lipinski definition) is 3. The van der Waals surface area contributed by atoms with Crippen molar-refractivity contribution in [2.45, 2.75) is 11.4 Å². The zero-order chi connectivity index (χ0) is 13.3. The average Bonchev–Trinajstić information content (AvgIpc) is 2.64. The van der Waals surface area contributed by atoms with Crippen molar-refractivity contribution in [1.82, 2.24) is 4.57 Å². The molecule has 0 saturated heterocycles. The predicted octanol–water partition coefficient (Wildman–Crippen LogP) is 2.35. The van der Waals surface area contributed by atoms with Crippen molar-refractivity contribution in [1.29, 1.82) is 0 Å². The normalized spacial score (nSPS) is 12.2. The van der Waals surface area contributed by atoms with Gasteiger partial charge in [0.05, 0.1) is 6.61 Å². The van der Waals surface area contributed by atoms with Gasteiger partial charge in [0.2, 0.25) is 0 Å². The Morgan fingerprint density at radius 1 is 1.44 bits per heavy atom. The molecule has 0 atom stereocenters. The van der Waals surface area contributed by atoms with E-state index in [0.717, 1.165) is 6.07 Å². The van der Waals surface area contributed by atoms with E-state index in [1.165, 1.54) is 18.3 Å². The largest absolute Gasteiger partial charge is 0.383 e. The summed E-state index contributed by atoms with van der Waals surface area (Å²) < 4.78 is 42.7. The highest BCUT2D eigenvalue weighted by molar-refractivity contribution is 8.14. The zero-order valence-electron chi connectivity index (χ0n) is 9.56. The first-order chi connectivity index (χ1) is 8.43. The number of fused-ring (bicyclic) bond motifs is 1. The fraction of sp³-hybridized carbons (Fsp3) is 0.273. The van der Waals surface area contributed by atoms with Crippen molar-refractivity contribution in [3.8, 4) is 0 Å². The van der Waals surface area contributed by atoms with Gasteiger partial charge in [-0.25, -0.2) is 12.8 Å². The Hall–Kier alpha value is -1.11. The molecule has 0 aliphatic rings. The van der Waals surface area contributed by atoms with E-state index in [0.29, 0.717) is 18.7 Å². The summed E-state index contributed by atoms with van der Waals surface area (Å²) in [4.78, 5) is -0.0882. The smallest absolute Gasteiger partial charge is 0.263 e. The lowest BCUT2D eigenvalue weighted by atomic mass is 10.2. The van der Waals surface area contributed by atoms with Gasteiger partial charge in [0.15, 0.2) is 0 Å². The third-order valence-corrected chi connectivity index (χ3v) is 3.95. The maximum absolute atomic E-state index is 13.2. The van der Waals surface area contributed by atoms with E-state index in [2.05, 4.69) is 0 Å². The van der Waals surface area contributed by atoms with Crippen LogP contribution in [-0.2, 0) is 20.3 Å². The van der Waals surface area contributed by atoms with Crippen LogP contribution < -0.4 is 0 Å². The molecule has 0 spiro atoms. The summed E-state index contributed by atoms with van der Waals surface area (Å²) in [6.45, 7) is 0.883. The molecule has 0 unspecified atom stereocenters. The van der Waals surface area contributed by atoms with Crippen LogP contribution in [0.25, 0.3) is 10.9 Å². The number of rotatable bonds is 4. The van der Waals surface area contributed by atoms with Gasteiger partial charge in [0.25, 0.3) is 9.05 Å². The molecule has 0 N–H and O–H groups in total. The van der Waals surface area contributed by atoms with E-state index >= 15 is 0 Å². The molecule has 0 amide bonds. The molecular formula is C11H11ClFNO3S. The Morgan fingerprint density at radius 3 is 2.78 bits per heavy atom. The lowest BCUT2D eigenvalue weighted by Gasteiger charge is -2.03. The van der Waals surface area contributed by atoms with Crippen LogP contribution in [0.3, 0.4) is 0 Å². The predicted molar refractivity (Wildman–Crippen MR) is 66.8 cm³/mol. The van der Waals surface area contributed by atoms with Crippen molar-refractivity contribution in [2.24, 2.45) is 0 Å². The molecule has 0 bridgehead atoms. The fourth-order valence-electron chi connectivity index (χ4n) is 1.81. The summed E-state index contributed by atoms with van der Waals surface area (Å²) >= 11 is 0. The second-order valence-electron chi connectivity index (χ2n) is 3.78. The second-order valence-corrected chi connectivity index (χ2v) is 6.31. The van der Waals surface area contributed by atoms with Gasteiger partial charge >= 0.3 is 0 Å². The van der Waals surface area contributed by atoms with Crippen LogP contribution in [0.1, 0.15) is 0 Å². The van der Waals surface area contributed by atoms with E-state index in [9.17, 15) is 12.8 Å². The molecule has 1 aromatic heterocycles. The first-order valence-electron chi connectivity index (χ1n) is 5.15. The van der Waals surface area contributed by atoms with Crippen LogP contribution in [0.2, 0.25) is 0 Å². The van der Waals surface area contributed by atoms with Gasteiger partial charge < -0.3 is 9.30 Å². The molecule has 98 valence electrons. The standard InChI is InChI=1S/C11H11ClFNO3S/c1-17-5-4-14-7-11(18(12,15)16)9-6-8(13)2-3-10(9)14/h2-3,6-7H,4-5H2,1H3. The van der Waals surface area contributed by atoms with Crippen LogP contribution in [0, 0.1) is 5.82 Å². The molecular weight excluding hydrogens is 281 g/mol. The highest BCUT2D eigenvalue weighted by Crippen LogP contribution is 2.28. The van der Waals surface area contributed by atoms with Crippen molar-refractivity contribution >= 4 is 30.6 Å². The summed E-state index contributed by atoms with van der Waals surface area (Å²) in [6, 6.07) is 3.95. The second kappa shape index (κ2) is 4.87. The topological polar surface area (TPSA) is 48.3 Å². The van der Waals surface area contributed by atoms with Crippen LogP contribution in [0.5, 0.6) is 0 Å². The van der Waals surface area contributed by atoms with Crippen molar-refractivity contribution in [2.75, 3.05) is 13.7 Å². The van der Waals surface area contributed by atoms with Crippen molar-refractivity contribution in [3.05, 3.63) is 30.2 Å². The van der Waals surface area contributed by atoms with Gasteiger partial charge in [-0.1, -0.05) is 0 Å². The lowest BCUT2D eigenvalue weighted by Crippen LogP contribution is -2.02. The summed E-state index contributed by atoms with van der Waals surface area (Å²) in [5, 5.41) is 0.279. The van der Waals surface area contributed by atoms with E-state index in [-0.39, 0.29) is 10.3 Å². The molecule has 7 heteroatoms. The van der Waals surface area contributed by atoms with E-state index < -0.39 is 14.9 Å². The van der Waals surface area contributed by atoms with Gasteiger partial charge in [-0.3, -0.25) is 0 Å². The molecule has 1 heterocycles. The third kappa shape index (κ3) is 2.50. The first-order valence-corrected chi connectivity index (χ1v) is 7.46. The molecule has 0 fully saturated rings. The number of methoxy groups -OCH3 is 1. The van der Waals surface area contributed by atoms with Gasteiger partial charge in [0.1, 0.15) is 10.7 Å². The molecule has 2 rings (SSSR count). The highest BCUT2D eigenvalue weighted by atomic mass is 35.7. The van der Waals surface area contributed by atoms with Gasteiger partial charge in [-0.05, 0) is 18.2 Å². The lowest BCUT2D eigenvalue weighted by molar-refractivity contribution is 0.188. The minimum absolute atomic E-state index is 0.0882. The highest BCUT2D eigenvalue weighted by Gasteiger charge is 2.19. The number of halogens is 2. The first kappa shape index (κ1) is 13.3. The quantitative estimate of drug-likeness (QED) is 0.813. The average molecular weight is 292 g/mol. The molecule has 2 aromatic rings. The van der Waals surface area contributed by atoms with E-state index in [1.807, 2.05) is 0 Å². The minimum Gasteiger partial charge on any atom is -0.383 e. The molecule has 0 saturated carbocycles. The number of hydrogen-bond donors (Lipinski definition) is 0. The molecule has 0 aliphatic heterocycles. The molecule has 18 heavy (non-hydrogen) atoms. The van der Waals surface area contributed by atoms with Gasteiger partial charge in [0, 0.05) is 41.4 Å². The monoisotopic (exact) mass is 291 g/mol. The molecule has 0 aliphatic carbocycles. The maximum atomic E-state index is 13.2. The van der Waals surface area contributed by atoms with Gasteiger partial charge in [-0.2, -0.15) is 0 Å². The minimum atomic E-state index is -3.91. The summed E-state index contributed by atoms with van der Waals surface area (Å²) in [6.07, 6.45) is 1.39. The number of benzene rings is 1. The van der Waals surface area contributed by atoms with Crippen LogP contribution in [0.4, 0.5) is 4.39 Å². The summed E-state index contributed by atoms with van der Waals surface area (Å²) in [5.41, 5.74) is 0.604. The summed E-state index contributed by atoms with van der Waals surface area (Å²) in [7, 11) is 2.98. The van der Waals surface area contributed by atoms with E-state index in [1.54, 1.807) is 11.7 Å². The number of ether oxygens (including phenoxy) is 1. The SMILES string of the molecule is COCCn1cc(S(=O)(=O)Cl)c2cc(F)ccc21. The van der Waals surface area contributed by atoms with Crippen molar-refractivity contribution < 1.29 is 17.5 Å². The fourth-order valence-corrected chi connectivity index (χ4v) is 2.85. The Balaban J connectivity index is 2.67. The molecule has 1 aromatic carbocycles. The van der Waals surface area contributed by atoms with Crippen molar-refractivity contribution in [3.63, 3.8) is 0 Å². The Morgan fingerprint density at radius 2 is 2.17 bits per heavy atom. The van der Waals surface area contributed by atoms with Crippen LogP contribution in [0.15, 0.2) is 29.3 Å². The maximum Gasteiger partial charge on any atom is 0.263 e. The Bertz CT molecular complexity index is 681. The summed E-state index contributed by atoms with van der Waals surface area (Å²) in [5.74, 6) is -0.506. The Labute approximate surface area is 108 Å². The van der Waals surface area contributed by atoms with E-state index in [4.69, 9.17) is 15.4 Å². The van der Waals surface area contributed by atoms with Crippen LogP contribution in [-0.4, -0.2) is 26.7 Å². The molecule has 4 nitrogen and oxygen atoms in total. The Kier molecular flexibility index (Phi) is 3.61. The third-order valence-electron chi connectivity index (χ3n) is 2.61. The number of aromatic nitrogens is 1. The molecule has 0 radical (unpaired) electrons.